The number of hydrogen-bond donors (Lipinski definition) is 3. The summed E-state index contributed by atoms with van der Waals surface area (Å²) in [5, 5.41) is 24.7. The molecule has 4 aliphatic heterocycles. The number of hydrogen-bond acceptors (Lipinski definition) is 10. The van der Waals surface area contributed by atoms with Crippen LogP contribution in [0.1, 0.15) is 50.1 Å². The second kappa shape index (κ2) is 15.8. The summed E-state index contributed by atoms with van der Waals surface area (Å²) in [6.45, 7) is 4.61. The molecule has 10 rings (SSSR count). The van der Waals surface area contributed by atoms with Crippen molar-refractivity contribution in [2.45, 2.75) is 50.0 Å². The zero-order chi connectivity index (χ0) is 42.7. The highest BCUT2D eigenvalue weighted by Crippen LogP contribution is 2.52. The molecule has 0 radical (unpaired) electrons. The third-order valence-electron chi connectivity index (χ3n) is 14.5. The summed E-state index contributed by atoms with van der Waals surface area (Å²) in [5.74, 6) is -0.204. The van der Waals surface area contributed by atoms with Crippen molar-refractivity contribution >= 4 is 46.0 Å². The Labute approximate surface area is 358 Å². The van der Waals surface area contributed by atoms with Gasteiger partial charge in [-0.2, -0.15) is 10.2 Å². The average Bonchev–Trinajstić information content (AvgIpc) is 3.68. The van der Waals surface area contributed by atoms with E-state index >= 15 is 0 Å². The molecule has 5 aliphatic rings. The predicted octanol–water partition coefficient (Wildman–Crippen LogP) is 3.76. The maximum Gasteiger partial charge on any atom is 0.329 e. The number of piperidine rings is 4. The quantitative estimate of drug-likeness (QED) is 0.186. The average molecular weight is 838 g/mol. The number of likely N-dealkylation sites (tertiary alicyclic amines) is 1. The lowest BCUT2D eigenvalue weighted by atomic mass is 9.72. The van der Waals surface area contributed by atoms with Gasteiger partial charge in [-0.15, -0.1) is 0 Å². The summed E-state index contributed by atoms with van der Waals surface area (Å²) in [6.07, 6.45) is 5.27. The number of carbonyl (C=O) groups is 4. The van der Waals surface area contributed by atoms with Gasteiger partial charge < -0.3 is 25.1 Å². The molecule has 3 N–H and O–H groups in total. The van der Waals surface area contributed by atoms with Gasteiger partial charge in [0.25, 0.3) is 0 Å². The van der Waals surface area contributed by atoms with Crippen LogP contribution < -0.4 is 26.1 Å². The second-order valence-corrected chi connectivity index (χ2v) is 17.8. The number of aromatic nitrogens is 4. The van der Waals surface area contributed by atoms with Crippen molar-refractivity contribution in [3.63, 3.8) is 0 Å². The van der Waals surface area contributed by atoms with Crippen LogP contribution in [0.2, 0.25) is 0 Å². The van der Waals surface area contributed by atoms with Gasteiger partial charge in [0.1, 0.15) is 11.8 Å². The van der Waals surface area contributed by atoms with Crippen molar-refractivity contribution in [1.82, 2.24) is 34.9 Å². The molecule has 4 amide bonds. The number of aromatic hydroxyl groups is 1. The standard InChI is InChI=1S/C47H51N9O6/c1-52-42-36(11-7-12-37(42)56(46(52)62)38-14-15-40(58)50-43(38)59)54-20-16-29(17-21-54)45(61)55-26-33-34(27-55)41(33)44(60)48-28-47(30-8-3-2-4-9-30)18-22-53(23-19-47)31-24-35(51-49-25-31)32-10-5-6-13-39(32)57/h2-13,24-25,29,33-34,38,41,57H,14-23,26-28H2,1H3,(H,48,60)(H,50,58,59)/t33-,34+,38-,41?/m0/s1. The normalized spacial score (nSPS) is 23.6. The molecule has 3 aromatic carbocycles. The van der Waals surface area contributed by atoms with Gasteiger partial charge >= 0.3 is 5.69 Å². The van der Waals surface area contributed by atoms with Crippen LogP contribution in [0.4, 0.5) is 11.4 Å². The number of imide groups is 1. The van der Waals surface area contributed by atoms with Crippen LogP contribution in [0, 0.1) is 23.7 Å². The maximum atomic E-state index is 13.9. The van der Waals surface area contributed by atoms with Gasteiger partial charge in [0.15, 0.2) is 0 Å². The monoisotopic (exact) mass is 837 g/mol. The number of rotatable bonds is 9. The first-order chi connectivity index (χ1) is 30.1. The number of aryl methyl sites for hydroxylation is 1. The van der Waals surface area contributed by atoms with E-state index in [4.69, 9.17) is 0 Å². The van der Waals surface area contributed by atoms with Crippen LogP contribution in [0.5, 0.6) is 5.75 Å². The Morgan fingerprint density at radius 3 is 2.32 bits per heavy atom. The Morgan fingerprint density at radius 1 is 0.871 bits per heavy atom. The molecular weight excluding hydrogens is 787 g/mol. The molecule has 0 spiro atoms. The summed E-state index contributed by atoms with van der Waals surface area (Å²) in [5.41, 5.74) is 5.17. The van der Waals surface area contributed by atoms with E-state index in [0.717, 1.165) is 42.8 Å². The summed E-state index contributed by atoms with van der Waals surface area (Å²) >= 11 is 0. The lowest BCUT2D eigenvalue weighted by Crippen LogP contribution is -2.49. The summed E-state index contributed by atoms with van der Waals surface area (Å²) in [7, 11) is 1.71. The molecule has 5 fully saturated rings. The molecule has 320 valence electrons. The topological polar surface area (TPSA) is 175 Å². The van der Waals surface area contributed by atoms with E-state index < -0.39 is 11.9 Å². The van der Waals surface area contributed by atoms with Crippen LogP contribution in [-0.4, -0.2) is 98.8 Å². The number of anilines is 2. The fourth-order valence-electron chi connectivity index (χ4n) is 10.9. The van der Waals surface area contributed by atoms with Crippen LogP contribution in [-0.2, 0) is 31.6 Å². The first-order valence-corrected chi connectivity index (χ1v) is 21.9. The number of imidazole rings is 1. The van der Waals surface area contributed by atoms with Crippen molar-refractivity contribution in [2.24, 2.45) is 30.7 Å². The molecule has 0 bridgehead atoms. The molecule has 6 heterocycles. The zero-order valence-electron chi connectivity index (χ0n) is 34.8. The minimum Gasteiger partial charge on any atom is -0.507 e. The number of para-hydroxylation sites is 2. The van der Waals surface area contributed by atoms with Gasteiger partial charge in [0.05, 0.1) is 34.3 Å². The van der Waals surface area contributed by atoms with Crippen molar-refractivity contribution < 1.29 is 24.3 Å². The largest absolute Gasteiger partial charge is 0.507 e. The number of nitrogens with one attached hydrogen (secondary N) is 2. The van der Waals surface area contributed by atoms with Crippen LogP contribution in [0.15, 0.2) is 89.9 Å². The molecule has 1 unspecified atom stereocenters. The van der Waals surface area contributed by atoms with Crippen molar-refractivity contribution in [3.05, 3.63) is 101 Å². The molecule has 4 saturated heterocycles. The van der Waals surface area contributed by atoms with Gasteiger partial charge in [-0.1, -0.05) is 48.5 Å². The van der Waals surface area contributed by atoms with E-state index in [1.165, 1.54) is 10.1 Å². The molecule has 15 nitrogen and oxygen atoms in total. The number of nitrogens with zero attached hydrogens (tertiary/aromatic N) is 7. The van der Waals surface area contributed by atoms with Crippen LogP contribution >= 0.6 is 0 Å². The molecule has 1 saturated carbocycles. The summed E-state index contributed by atoms with van der Waals surface area (Å²) in [6, 6.07) is 24.5. The molecule has 62 heavy (non-hydrogen) atoms. The zero-order valence-corrected chi connectivity index (χ0v) is 34.8. The molecule has 2 aromatic heterocycles. The smallest absolute Gasteiger partial charge is 0.329 e. The fourth-order valence-corrected chi connectivity index (χ4v) is 10.9. The van der Waals surface area contributed by atoms with E-state index in [0.29, 0.717) is 62.3 Å². The molecular formula is C47H51N9O6. The Hall–Kier alpha value is -6.51. The fraction of sp³-hybridized carbons (Fsp3) is 0.426. The van der Waals surface area contributed by atoms with E-state index in [-0.39, 0.29) is 71.1 Å². The van der Waals surface area contributed by atoms with Gasteiger partial charge in [0.2, 0.25) is 23.6 Å². The third kappa shape index (κ3) is 6.96. The highest BCUT2D eigenvalue weighted by Gasteiger charge is 2.60. The van der Waals surface area contributed by atoms with Gasteiger partial charge in [-0.3, -0.25) is 33.6 Å². The second-order valence-electron chi connectivity index (χ2n) is 17.8. The van der Waals surface area contributed by atoms with E-state index in [1.807, 2.05) is 47.4 Å². The predicted molar refractivity (Wildman–Crippen MR) is 232 cm³/mol. The maximum absolute atomic E-state index is 13.9. The highest BCUT2D eigenvalue weighted by molar-refractivity contribution is 6.00. The van der Waals surface area contributed by atoms with E-state index in [2.05, 4.69) is 54.9 Å². The van der Waals surface area contributed by atoms with E-state index in [1.54, 1.807) is 29.9 Å². The van der Waals surface area contributed by atoms with Crippen LogP contribution in [0.3, 0.4) is 0 Å². The first kappa shape index (κ1) is 39.6. The van der Waals surface area contributed by atoms with Gasteiger partial charge in [0, 0.05) is 82.1 Å². The van der Waals surface area contributed by atoms with Crippen molar-refractivity contribution in [3.8, 4) is 17.0 Å². The van der Waals surface area contributed by atoms with Crippen molar-refractivity contribution in [1.29, 1.82) is 0 Å². The lowest BCUT2D eigenvalue weighted by molar-refractivity contribution is -0.137. The molecule has 1 aliphatic carbocycles. The Morgan fingerprint density at radius 2 is 1.60 bits per heavy atom. The molecule has 4 atom stereocenters. The third-order valence-corrected chi connectivity index (χ3v) is 14.5. The number of carbonyl (C=O) groups excluding carboxylic acids is 4. The number of phenols is 1. The number of fused-ring (bicyclic) bond motifs is 2. The van der Waals surface area contributed by atoms with Gasteiger partial charge in [-0.05, 0) is 79.8 Å². The highest BCUT2D eigenvalue weighted by atomic mass is 16.3. The Balaban J connectivity index is 0.740. The number of amides is 4. The number of benzene rings is 3. The SMILES string of the molecule is Cn1c(=O)n([C@H]2CCC(=O)NC2=O)c2cccc(N3CCC(C(=O)N4C[C@@H]5C(C(=O)NCC6(c7ccccc7)CCN(c7cnnc(-c8ccccc8O)c7)CC6)[C@@H]5C4)CC3)c21. The molecule has 5 aromatic rings. The molecule has 15 heteroatoms. The minimum absolute atomic E-state index is 0.0795. The van der Waals surface area contributed by atoms with Crippen molar-refractivity contribution in [2.75, 3.05) is 55.6 Å². The lowest BCUT2D eigenvalue weighted by Gasteiger charge is -2.43. The Kier molecular flexibility index (Phi) is 10.1. The van der Waals surface area contributed by atoms with Gasteiger partial charge in [-0.25, -0.2) is 4.79 Å². The minimum atomic E-state index is -0.751. The summed E-state index contributed by atoms with van der Waals surface area (Å²) < 4.78 is 3.09. The Bertz CT molecular complexity index is 2620. The summed E-state index contributed by atoms with van der Waals surface area (Å²) in [4.78, 5) is 72.2. The van der Waals surface area contributed by atoms with Crippen LogP contribution in [0.25, 0.3) is 22.3 Å². The number of phenolic OH excluding ortho intramolecular Hbond substituents is 1. The van der Waals surface area contributed by atoms with E-state index in [9.17, 15) is 29.1 Å². The first-order valence-electron chi connectivity index (χ1n) is 21.9.